The van der Waals surface area contributed by atoms with Crippen LogP contribution in [-0.2, 0) is 9.31 Å². The van der Waals surface area contributed by atoms with Crippen LogP contribution in [0.25, 0.3) is 56.4 Å². The van der Waals surface area contributed by atoms with Gasteiger partial charge < -0.3 is 9.31 Å². The van der Waals surface area contributed by atoms with Crippen molar-refractivity contribution >= 4 is 12.6 Å². The van der Waals surface area contributed by atoms with E-state index < -0.39 is 7.12 Å². The van der Waals surface area contributed by atoms with Crippen molar-refractivity contribution < 1.29 is 9.31 Å². The Hall–Kier alpha value is -4.91. The van der Waals surface area contributed by atoms with E-state index in [2.05, 4.69) is 100 Å². The van der Waals surface area contributed by atoms with Crippen molar-refractivity contribution in [2.45, 2.75) is 38.9 Å². The summed E-state index contributed by atoms with van der Waals surface area (Å²) in [6.07, 6.45) is 0. The zero-order chi connectivity index (χ0) is 31.0. The first-order valence-electron chi connectivity index (χ1n) is 15.3. The standard InChI is InChI=1S/C39H34BN3O2/c1-38(2)39(3,4)45-40(44-38)34-20-12-18-32(26-34)28-23-21-27(22-24-28)31-17-11-19-33(25-31)37-42-35(29-13-7-5-8-14-29)41-36(43-37)30-15-9-6-10-16-30/h5-26H,1-4H3. The van der Waals surface area contributed by atoms with Gasteiger partial charge >= 0.3 is 7.12 Å². The van der Waals surface area contributed by atoms with Crippen LogP contribution in [0.5, 0.6) is 0 Å². The van der Waals surface area contributed by atoms with Gasteiger partial charge in [0.15, 0.2) is 17.5 Å². The minimum absolute atomic E-state index is 0.378. The molecule has 0 N–H and O–H groups in total. The van der Waals surface area contributed by atoms with Crippen molar-refractivity contribution in [3.05, 3.63) is 133 Å². The zero-order valence-electron chi connectivity index (χ0n) is 25.9. The minimum atomic E-state index is -0.391. The monoisotopic (exact) mass is 587 g/mol. The summed E-state index contributed by atoms with van der Waals surface area (Å²) in [6, 6.07) is 45.5. The second-order valence-corrected chi connectivity index (χ2v) is 12.4. The smallest absolute Gasteiger partial charge is 0.399 e. The third kappa shape index (κ3) is 5.83. The first kappa shape index (κ1) is 28.8. The molecular formula is C39H34BN3O2. The molecular weight excluding hydrogens is 553 g/mol. The Morgan fingerprint density at radius 2 is 0.800 bits per heavy atom. The Bertz CT molecular complexity index is 1890. The summed E-state index contributed by atoms with van der Waals surface area (Å²) < 4.78 is 12.6. The molecule has 0 unspecified atom stereocenters. The lowest BCUT2D eigenvalue weighted by molar-refractivity contribution is 0.00578. The highest BCUT2D eigenvalue weighted by atomic mass is 16.7. The van der Waals surface area contributed by atoms with Gasteiger partial charge in [-0.05, 0) is 61.5 Å². The van der Waals surface area contributed by atoms with Gasteiger partial charge in [-0.2, -0.15) is 0 Å². The van der Waals surface area contributed by atoms with Crippen LogP contribution in [0.15, 0.2) is 133 Å². The van der Waals surface area contributed by atoms with Crippen LogP contribution in [0.1, 0.15) is 27.7 Å². The van der Waals surface area contributed by atoms with Crippen LogP contribution in [0.2, 0.25) is 0 Å². The number of hydrogen-bond acceptors (Lipinski definition) is 5. The van der Waals surface area contributed by atoms with Crippen LogP contribution < -0.4 is 5.46 Å². The third-order valence-corrected chi connectivity index (χ3v) is 8.78. The molecule has 0 aliphatic carbocycles. The highest BCUT2D eigenvalue weighted by molar-refractivity contribution is 6.62. The van der Waals surface area contributed by atoms with Gasteiger partial charge in [0.1, 0.15) is 0 Å². The molecule has 0 saturated carbocycles. The molecule has 2 heterocycles. The Balaban J connectivity index is 1.19. The van der Waals surface area contributed by atoms with Gasteiger partial charge in [0.25, 0.3) is 0 Å². The number of hydrogen-bond donors (Lipinski definition) is 0. The zero-order valence-corrected chi connectivity index (χ0v) is 25.9. The van der Waals surface area contributed by atoms with Crippen molar-refractivity contribution in [2.75, 3.05) is 0 Å². The fourth-order valence-electron chi connectivity index (χ4n) is 5.47. The average Bonchev–Trinajstić information content (AvgIpc) is 3.31. The molecule has 5 nitrogen and oxygen atoms in total. The quantitative estimate of drug-likeness (QED) is 0.183. The third-order valence-electron chi connectivity index (χ3n) is 8.78. The summed E-state index contributed by atoms with van der Waals surface area (Å²) in [5.41, 5.74) is 7.56. The predicted octanol–water partition coefficient (Wildman–Crippen LogP) is 8.51. The molecule has 220 valence electrons. The first-order chi connectivity index (χ1) is 21.8. The van der Waals surface area contributed by atoms with Crippen LogP contribution in [0.4, 0.5) is 0 Å². The molecule has 1 aliphatic rings. The van der Waals surface area contributed by atoms with Gasteiger partial charge in [0.05, 0.1) is 11.2 Å². The van der Waals surface area contributed by atoms with E-state index in [4.69, 9.17) is 24.3 Å². The molecule has 6 aromatic rings. The van der Waals surface area contributed by atoms with E-state index in [0.717, 1.165) is 44.4 Å². The molecule has 45 heavy (non-hydrogen) atoms. The molecule has 1 fully saturated rings. The molecule has 5 aromatic carbocycles. The second-order valence-electron chi connectivity index (χ2n) is 12.4. The summed E-state index contributed by atoms with van der Waals surface area (Å²) in [5, 5.41) is 0. The largest absolute Gasteiger partial charge is 0.494 e. The van der Waals surface area contributed by atoms with Gasteiger partial charge in [-0.25, -0.2) is 15.0 Å². The Morgan fingerprint density at radius 3 is 1.31 bits per heavy atom. The first-order valence-corrected chi connectivity index (χ1v) is 15.3. The number of benzene rings is 5. The fraction of sp³-hybridized carbons (Fsp3) is 0.154. The van der Waals surface area contributed by atoms with E-state index in [1.54, 1.807) is 0 Å². The van der Waals surface area contributed by atoms with Crippen molar-refractivity contribution in [2.24, 2.45) is 0 Å². The number of aromatic nitrogens is 3. The minimum Gasteiger partial charge on any atom is -0.399 e. The molecule has 0 amide bonds. The summed E-state index contributed by atoms with van der Waals surface area (Å²) in [4.78, 5) is 14.6. The molecule has 0 radical (unpaired) electrons. The molecule has 0 atom stereocenters. The Kier molecular flexibility index (Phi) is 7.40. The predicted molar refractivity (Wildman–Crippen MR) is 183 cm³/mol. The van der Waals surface area contributed by atoms with Crippen molar-refractivity contribution in [3.63, 3.8) is 0 Å². The molecule has 0 bridgehead atoms. The maximum atomic E-state index is 6.29. The maximum absolute atomic E-state index is 6.29. The van der Waals surface area contributed by atoms with E-state index in [0.29, 0.717) is 17.5 Å². The van der Waals surface area contributed by atoms with Crippen LogP contribution in [0, 0.1) is 0 Å². The average molecular weight is 588 g/mol. The molecule has 1 aliphatic heterocycles. The fourth-order valence-corrected chi connectivity index (χ4v) is 5.47. The molecule has 0 spiro atoms. The lowest BCUT2D eigenvalue weighted by Gasteiger charge is -2.32. The van der Waals surface area contributed by atoms with E-state index in [9.17, 15) is 0 Å². The van der Waals surface area contributed by atoms with Crippen molar-refractivity contribution in [3.8, 4) is 56.4 Å². The van der Waals surface area contributed by atoms with Gasteiger partial charge in [-0.1, -0.05) is 127 Å². The van der Waals surface area contributed by atoms with E-state index in [1.165, 1.54) is 0 Å². The topological polar surface area (TPSA) is 57.1 Å². The summed E-state index contributed by atoms with van der Waals surface area (Å²) in [5.74, 6) is 1.94. The summed E-state index contributed by atoms with van der Waals surface area (Å²) >= 11 is 0. The lowest BCUT2D eigenvalue weighted by Crippen LogP contribution is -2.41. The van der Waals surface area contributed by atoms with Crippen LogP contribution in [0.3, 0.4) is 0 Å². The van der Waals surface area contributed by atoms with Gasteiger partial charge in [0.2, 0.25) is 0 Å². The molecule has 1 saturated heterocycles. The maximum Gasteiger partial charge on any atom is 0.494 e. The number of rotatable bonds is 6. The number of nitrogens with zero attached hydrogens (tertiary/aromatic N) is 3. The highest BCUT2D eigenvalue weighted by Crippen LogP contribution is 2.37. The van der Waals surface area contributed by atoms with E-state index in [-0.39, 0.29) is 11.2 Å². The van der Waals surface area contributed by atoms with Gasteiger partial charge in [-0.3, -0.25) is 0 Å². The van der Waals surface area contributed by atoms with Crippen LogP contribution in [-0.4, -0.2) is 33.3 Å². The Labute approximate surface area is 265 Å². The summed E-state index contributed by atoms with van der Waals surface area (Å²) in [7, 11) is -0.391. The normalized spacial score (nSPS) is 15.2. The Morgan fingerprint density at radius 1 is 0.400 bits per heavy atom. The van der Waals surface area contributed by atoms with Crippen molar-refractivity contribution in [1.29, 1.82) is 0 Å². The SMILES string of the molecule is CC1(C)OB(c2cccc(-c3ccc(-c4cccc(-c5nc(-c6ccccc6)nc(-c6ccccc6)n5)c4)cc3)c2)OC1(C)C. The lowest BCUT2D eigenvalue weighted by atomic mass is 9.78. The molecule has 7 rings (SSSR count). The second kappa shape index (κ2) is 11.5. The van der Waals surface area contributed by atoms with E-state index >= 15 is 0 Å². The highest BCUT2D eigenvalue weighted by Gasteiger charge is 2.51. The molecule has 1 aromatic heterocycles. The van der Waals surface area contributed by atoms with E-state index in [1.807, 2.05) is 60.7 Å². The van der Waals surface area contributed by atoms with Gasteiger partial charge in [0, 0.05) is 16.7 Å². The van der Waals surface area contributed by atoms with Crippen LogP contribution >= 0.6 is 0 Å². The van der Waals surface area contributed by atoms with Crippen molar-refractivity contribution in [1.82, 2.24) is 15.0 Å². The molecule has 6 heteroatoms. The summed E-state index contributed by atoms with van der Waals surface area (Å²) in [6.45, 7) is 8.32. The van der Waals surface area contributed by atoms with Gasteiger partial charge in [-0.15, -0.1) is 0 Å².